The van der Waals surface area contributed by atoms with Crippen molar-refractivity contribution in [3.8, 4) is 11.3 Å². The molecule has 2 heterocycles. The van der Waals surface area contributed by atoms with Crippen LogP contribution in [0.5, 0.6) is 0 Å². The third-order valence-electron chi connectivity index (χ3n) is 1.85. The topological polar surface area (TPSA) is 51.8 Å². The molecule has 70 valence electrons. The van der Waals surface area contributed by atoms with Gasteiger partial charge in [0.1, 0.15) is 5.15 Å². The molecule has 2 aromatic rings. The second-order valence-corrected chi connectivity index (χ2v) is 3.19. The SMILES string of the molecule is Nc1ccc(Cl)nc1-c1ccncc1. The largest absolute Gasteiger partial charge is 0.397 e. The van der Waals surface area contributed by atoms with Gasteiger partial charge in [0.25, 0.3) is 0 Å². The van der Waals surface area contributed by atoms with Gasteiger partial charge >= 0.3 is 0 Å². The van der Waals surface area contributed by atoms with Gasteiger partial charge in [0, 0.05) is 18.0 Å². The lowest BCUT2D eigenvalue weighted by atomic mass is 10.1. The lowest BCUT2D eigenvalue weighted by Crippen LogP contribution is -1.93. The lowest BCUT2D eigenvalue weighted by Gasteiger charge is -2.04. The Morgan fingerprint density at radius 3 is 2.50 bits per heavy atom. The van der Waals surface area contributed by atoms with E-state index in [4.69, 9.17) is 17.3 Å². The molecule has 0 aromatic carbocycles. The van der Waals surface area contributed by atoms with E-state index in [-0.39, 0.29) is 0 Å². The summed E-state index contributed by atoms with van der Waals surface area (Å²) in [6, 6.07) is 7.09. The summed E-state index contributed by atoms with van der Waals surface area (Å²) in [7, 11) is 0. The molecule has 0 saturated carbocycles. The van der Waals surface area contributed by atoms with Gasteiger partial charge < -0.3 is 5.73 Å². The Balaban J connectivity index is 2.57. The first-order valence-corrected chi connectivity index (χ1v) is 4.47. The Bertz CT molecular complexity index is 442. The number of pyridine rings is 2. The first-order valence-electron chi connectivity index (χ1n) is 4.10. The third kappa shape index (κ3) is 1.67. The summed E-state index contributed by atoms with van der Waals surface area (Å²) in [4.78, 5) is 8.08. The van der Waals surface area contributed by atoms with Gasteiger partial charge in [0.2, 0.25) is 0 Å². The molecule has 3 nitrogen and oxygen atoms in total. The summed E-state index contributed by atoms with van der Waals surface area (Å²) in [5.74, 6) is 0. The van der Waals surface area contributed by atoms with E-state index in [0.29, 0.717) is 16.5 Å². The van der Waals surface area contributed by atoms with Crippen LogP contribution in [0, 0.1) is 0 Å². The van der Waals surface area contributed by atoms with Crippen LogP contribution in [0.2, 0.25) is 5.15 Å². The molecule has 0 saturated heterocycles. The smallest absolute Gasteiger partial charge is 0.129 e. The van der Waals surface area contributed by atoms with Gasteiger partial charge in [-0.3, -0.25) is 4.98 Å². The Kier molecular flexibility index (Phi) is 2.33. The van der Waals surface area contributed by atoms with Crippen LogP contribution in [-0.4, -0.2) is 9.97 Å². The molecular formula is C10H8ClN3. The standard InChI is InChI=1S/C10H8ClN3/c11-9-2-1-8(12)10(14-9)7-3-5-13-6-4-7/h1-6H,12H2. The van der Waals surface area contributed by atoms with Crippen LogP contribution in [0.4, 0.5) is 5.69 Å². The fourth-order valence-corrected chi connectivity index (χ4v) is 1.33. The van der Waals surface area contributed by atoms with E-state index in [1.807, 2.05) is 12.1 Å². The van der Waals surface area contributed by atoms with Crippen molar-refractivity contribution in [2.45, 2.75) is 0 Å². The minimum atomic E-state index is 0.436. The summed E-state index contributed by atoms with van der Waals surface area (Å²) in [6.45, 7) is 0. The summed E-state index contributed by atoms with van der Waals surface area (Å²) in [6.07, 6.45) is 3.38. The van der Waals surface area contributed by atoms with Gasteiger partial charge in [-0.25, -0.2) is 4.98 Å². The molecule has 0 radical (unpaired) electrons. The van der Waals surface area contributed by atoms with Gasteiger partial charge in [-0.15, -0.1) is 0 Å². The number of hydrogen-bond donors (Lipinski definition) is 1. The second-order valence-electron chi connectivity index (χ2n) is 2.81. The molecule has 2 rings (SSSR count). The molecular weight excluding hydrogens is 198 g/mol. The zero-order valence-electron chi connectivity index (χ0n) is 7.31. The van der Waals surface area contributed by atoms with Crippen LogP contribution in [0.15, 0.2) is 36.7 Å². The fourth-order valence-electron chi connectivity index (χ4n) is 1.19. The molecule has 0 amide bonds. The quantitative estimate of drug-likeness (QED) is 0.728. The van der Waals surface area contributed by atoms with E-state index in [0.717, 1.165) is 5.56 Å². The van der Waals surface area contributed by atoms with E-state index >= 15 is 0 Å². The molecule has 0 bridgehead atoms. The summed E-state index contributed by atoms with van der Waals surface area (Å²) in [5, 5.41) is 0.436. The first-order chi connectivity index (χ1) is 6.77. The van der Waals surface area contributed by atoms with E-state index < -0.39 is 0 Å². The highest BCUT2D eigenvalue weighted by molar-refractivity contribution is 6.29. The second kappa shape index (κ2) is 3.64. The first kappa shape index (κ1) is 8.97. The van der Waals surface area contributed by atoms with Crippen molar-refractivity contribution in [3.63, 3.8) is 0 Å². The minimum Gasteiger partial charge on any atom is -0.397 e. The third-order valence-corrected chi connectivity index (χ3v) is 2.06. The van der Waals surface area contributed by atoms with Crippen molar-refractivity contribution >= 4 is 17.3 Å². The van der Waals surface area contributed by atoms with Crippen molar-refractivity contribution in [1.82, 2.24) is 9.97 Å². The molecule has 0 fully saturated rings. The van der Waals surface area contributed by atoms with Crippen molar-refractivity contribution in [1.29, 1.82) is 0 Å². The molecule has 0 atom stereocenters. The van der Waals surface area contributed by atoms with Crippen LogP contribution >= 0.6 is 11.6 Å². The maximum atomic E-state index is 5.78. The molecule has 0 unspecified atom stereocenters. The molecule has 2 aromatic heterocycles. The molecule has 0 aliphatic carbocycles. The Hall–Kier alpha value is -1.61. The number of nitrogens with zero attached hydrogens (tertiary/aromatic N) is 2. The van der Waals surface area contributed by atoms with Crippen molar-refractivity contribution in [3.05, 3.63) is 41.8 Å². The van der Waals surface area contributed by atoms with Gasteiger partial charge in [-0.1, -0.05) is 11.6 Å². The van der Waals surface area contributed by atoms with Crippen LogP contribution in [0.1, 0.15) is 0 Å². The highest BCUT2D eigenvalue weighted by atomic mass is 35.5. The molecule has 0 aliphatic heterocycles. The average molecular weight is 206 g/mol. The summed E-state index contributed by atoms with van der Waals surface area (Å²) < 4.78 is 0. The number of halogens is 1. The van der Waals surface area contributed by atoms with Crippen LogP contribution < -0.4 is 5.73 Å². The lowest BCUT2D eigenvalue weighted by molar-refractivity contribution is 1.29. The van der Waals surface area contributed by atoms with Crippen molar-refractivity contribution in [2.75, 3.05) is 5.73 Å². The van der Waals surface area contributed by atoms with Gasteiger partial charge in [-0.2, -0.15) is 0 Å². The molecule has 0 aliphatic rings. The molecule has 2 N–H and O–H groups in total. The monoisotopic (exact) mass is 205 g/mol. The van der Waals surface area contributed by atoms with Crippen LogP contribution in [-0.2, 0) is 0 Å². The maximum Gasteiger partial charge on any atom is 0.129 e. The predicted molar refractivity (Wildman–Crippen MR) is 56.9 cm³/mol. The van der Waals surface area contributed by atoms with Gasteiger partial charge in [-0.05, 0) is 24.3 Å². The highest BCUT2D eigenvalue weighted by Crippen LogP contribution is 2.24. The zero-order chi connectivity index (χ0) is 9.97. The Labute approximate surface area is 86.6 Å². The normalized spacial score (nSPS) is 10.1. The van der Waals surface area contributed by atoms with E-state index in [9.17, 15) is 0 Å². The zero-order valence-corrected chi connectivity index (χ0v) is 8.07. The fraction of sp³-hybridized carbons (Fsp3) is 0. The molecule has 14 heavy (non-hydrogen) atoms. The van der Waals surface area contributed by atoms with Crippen molar-refractivity contribution < 1.29 is 0 Å². The number of nitrogens with two attached hydrogens (primary N) is 1. The van der Waals surface area contributed by atoms with E-state index in [1.54, 1.807) is 24.5 Å². The maximum absolute atomic E-state index is 5.78. The molecule has 0 spiro atoms. The average Bonchev–Trinajstić information content (AvgIpc) is 2.23. The number of rotatable bonds is 1. The van der Waals surface area contributed by atoms with Crippen LogP contribution in [0.3, 0.4) is 0 Å². The van der Waals surface area contributed by atoms with Gasteiger partial charge in [0.05, 0.1) is 11.4 Å². The summed E-state index contributed by atoms with van der Waals surface area (Å²) >= 11 is 5.78. The van der Waals surface area contributed by atoms with Crippen molar-refractivity contribution in [2.24, 2.45) is 0 Å². The van der Waals surface area contributed by atoms with E-state index in [1.165, 1.54) is 0 Å². The number of hydrogen-bond acceptors (Lipinski definition) is 3. The number of anilines is 1. The Morgan fingerprint density at radius 2 is 1.79 bits per heavy atom. The number of nitrogen functional groups attached to an aromatic ring is 1. The van der Waals surface area contributed by atoms with E-state index in [2.05, 4.69) is 9.97 Å². The summed E-state index contributed by atoms with van der Waals surface area (Å²) in [5.41, 5.74) is 8.00. The van der Waals surface area contributed by atoms with Gasteiger partial charge in [0.15, 0.2) is 0 Å². The molecule has 4 heteroatoms. The minimum absolute atomic E-state index is 0.436. The van der Waals surface area contributed by atoms with Crippen LogP contribution in [0.25, 0.3) is 11.3 Å². The predicted octanol–water partition coefficient (Wildman–Crippen LogP) is 2.38. The Morgan fingerprint density at radius 1 is 1.07 bits per heavy atom. The highest BCUT2D eigenvalue weighted by Gasteiger charge is 2.04. The number of aromatic nitrogens is 2.